The van der Waals surface area contributed by atoms with Crippen LogP contribution in [0.3, 0.4) is 0 Å². The lowest BCUT2D eigenvalue weighted by Gasteiger charge is -2.02. The molecule has 0 fully saturated rings. The first-order valence-corrected chi connectivity index (χ1v) is 5.70. The van der Waals surface area contributed by atoms with E-state index in [2.05, 4.69) is 10.2 Å². The molecule has 0 unspecified atom stereocenters. The third-order valence-corrected chi connectivity index (χ3v) is 2.49. The van der Waals surface area contributed by atoms with Crippen molar-refractivity contribution in [3.05, 3.63) is 73.4 Å². The van der Waals surface area contributed by atoms with Gasteiger partial charge in [-0.1, -0.05) is 0 Å². The lowest BCUT2D eigenvalue weighted by molar-refractivity contribution is 0.888. The molecular weight excluding hydrogens is 224 g/mol. The molecule has 0 bridgehead atoms. The summed E-state index contributed by atoms with van der Waals surface area (Å²) in [4.78, 5) is 0. The van der Waals surface area contributed by atoms with Crippen molar-refractivity contribution in [1.29, 1.82) is 0 Å². The van der Waals surface area contributed by atoms with Crippen molar-refractivity contribution in [2.75, 3.05) is 0 Å². The van der Waals surface area contributed by atoms with Crippen LogP contribution >= 0.6 is 0 Å². The van der Waals surface area contributed by atoms with Gasteiger partial charge in [-0.25, -0.2) is 9.35 Å². The Morgan fingerprint density at radius 3 is 1.22 bits per heavy atom. The lowest BCUT2D eigenvalue weighted by atomic mass is 10.1. The van der Waals surface area contributed by atoms with Crippen LogP contribution in [0.1, 0.15) is 0 Å². The molecule has 0 amide bonds. The Morgan fingerprint density at radius 2 is 0.889 bits per heavy atom. The van der Waals surface area contributed by atoms with Crippen LogP contribution in [0.25, 0.3) is 0 Å². The highest BCUT2D eigenvalue weighted by Gasteiger charge is 1.99. The first-order chi connectivity index (χ1) is 8.90. The number of aromatic nitrogens is 2. The smallest absolute Gasteiger partial charge is 0.0841 e. The van der Waals surface area contributed by atoms with Crippen molar-refractivity contribution in [3.8, 4) is 0 Å². The van der Waals surface area contributed by atoms with E-state index in [0.717, 1.165) is 11.4 Å². The van der Waals surface area contributed by atoms with Gasteiger partial charge in [-0.3, -0.25) is 0 Å². The van der Waals surface area contributed by atoms with Crippen molar-refractivity contribution in [3.63, 3.8) is 0 Å². The predicted octanol–water partition coefficient (Wildman–Crippen LogP) is 2.52. The molecule has 2 aromatic heterocycles. The molecule has 0 aliphatic heterocycles. The quantitative estimate of drug-likeness (QED) is 0.718. The summed E-state index contributed by atoms with van der Waals surface area (Å²) < 4.78 is 3.55. The highest BCUT2D eigenvalue weighted by molar-refractivity contribution is 6.18. The van der Waals surface area contributed by atoms with Crippen molar-refractivity contribution in [2.24, 2.45) is 10.2 Å². The first kappa shape index (κ1) is 10.5. The van der Waals surface area contributed by atoms with E-state index in [1.165, 1.54) is 0 Å². The minimum Gasteiger partial charge on any atom is -0.248 e. The van der Waals surface area contributed by atoms with E-state index in [4.69, 9.17) is 0 Å². The van der Waals surface area contributed by atoms with Crippen LogP contribution in [-0.2, 0) is 0 Å². The molecule has 3 rings (SSSR count). The molecule has 88 valence electrons. The van der Waals surface area contributed by atoms with Crippen LogP contribution in [-0.4, -0.2) is 20.8 Å². The minimum absolute atomic E-state index is 0.901. The summed E-state index contributed by atoms with van der Waals surface area (Å²) in [5.74, 6) is 0. The predicted molar refractivity (Wildman–Crippen MR) is 72.8 cm³/mol. The summed E-state index contributed by atoms with van der Waals surface area (Å²) >= 11 is 0. The molecule has 4 heteroatoms. The second-order valence-corrected chi connectivity index (χ2v) is 3.84. The third-order valence-electron chi connectivity index (χ3n) is 2.49. The maximum absolute atomic E-state index is 4.41. The SMILES string of the molecule is C1=CC(=Nn2cccc2)C=CC1=Nn1cccc1. The molecule has 1 aliphatic carbocycles. The normalized spacial score (nSPS) is 14.0. The molecule has 0 atom stereocenters. The topological polar surface area (TPSA) is 34.6 Å². The Kier molecular flexibility index (Phi) is 2.75. The maximum Gasteiger partial charge on any atom is 0.0841 e. The van der Waals surface area contributed by atoms with Gasteiger partial charge in [0.1, 0.15) is 0 Å². The molecule has 0 saturated heterocycles. The van der Waals surface area contributed by atoms with E-state index in [1.54, 1.807) is 9.35 Å². The van der Waals surface area contributed by atoms with E-state index in [-0.39, 0.29) is 0 Å². The van der Waals surface area contributed by atoms with Crippen LogP contribution in [0.2, 0.25) is 0 Å². The van der Waals surface area contributed by atoms with Crippen LogP contribution in [0.4, 0.5) is 0 Å². The van der Waals surface area contributed by atoms with Crippen LogP contribution < -0.4 is 0 Å². The average Bonchev–Trinajstić information content (AvgIpc) is 3.05. The van der Waals surface area contributed by atoms with Gasteiger partial charge in [-0.05, 0) is 48.6 Å². The number of hydrogen-bond acceptors (Lipinski definition) is 2. The molecule has 4 nitrogen and oxygen atoms in total. The molecule has 0 saturated carbocycles. The highest BCUT2D eigenvalue weighted by Crippen LogP contribution is 2.01. The van der Waals surface area contributed by atoms with Crippen LogP contribution in [0, 0.1) is 0 Å². The first-order valence-electron chi connectivity index (χ1n) is 5.70. The van der Waals surface area contributed by atoms with Gasteiger partial charge in [0.15, 0.2) is 0 Å². The van der Waals surface area contributed by atoms with Crippen molar-refractivity contribution >= 4 is 11.4 Å². The monoisotopic (exact) mass is 236 g/mol. The fourth-order valence-corrected chi connectivity index (χ4v) is 1.64. The van der Waals surface area contributed by atoms with Gasteiger partial charge in [0.05, 0.1) is 11.4 Å². The molecule has 2 heterocycles. The van der Waals surface area contributed by atoms with Gasteiger partial charge < -0.3 is 0 Å². The van der Waals surface area contributed by atoms with Crippen LogP contribution in [0.15, 0.2) is 83.6 Å². The zero-order valence-electron chi connectivity index (χ0n) is 9.72. The number of allylic oxidation sites excluding steroid dienone is 4. The average molecular weight is 236 g/mol. The molecule has 0 N–H and O–H groups in total. The molecular formula is C14H12N4. The zero-order valence-corrected chi connectivity index (χ0v) is 9.72. The summed E-state index contributed by atoms with van der Waals surface area (Å²) in [6.07, 6.45) is 15.4. The van der Waals surface area contributed by atoms with Gasteiger partial charge in [0.2, 0.25) is 0 Å². The molecule has 0 radical (unpaired) electrons. The molecule has 2 aromatic rings. The van der Waals surface area contributed by atoms with E-state index in [1.807, 2.05) is 73.4 Å². The van der Waals surface area contributed by atoms with Gasteiger partial charge in [-0.15, -0.1) is 0 Å². The summed E-state index contributed by atoms with van der Waals surface area (Å²) in [5, 5.41) is 8.81. The molecule has 0 aromatic carbocycles. The van der Waals surface area contributed by atoms with Gasteiger partial charge in [0.25, 0.3) is 0 Å². The van der Waals surface area contributed by atoms with Gasteiger partial charge in [-0.2, -0.15) is 10.2 Å². The Labute approximate surface area is 105 Å². The minimum atomic E-state index is 0.901. The Morgan fingerprint density at radius 1 is 0.556 bits per heavy atom. The van der Waals surface area contributed by atoms with Crippen molar-refractivity contribution in [2.45, 2.75) is 0 Å². The highest BCUT2D eigenvalue weighted by atomic mass is 15.3. The van der Waals surface area contributed by atoms with Crippen molar-refractivity contribution < 1.29 is 0 Å². The second kappa shape index (κ2) is 4.71. The van der Waals surface area contributed by atoms with Crippen LogP contribution in [0.5, 0.6) is 0 Å². The molecule has 0 spiro atoms. The van der Waals surface area contributed by atoms with Crippen molar-refractivity contribution in [1.82, 2.24) is 9.35 Å². The van der Waals surface area contributed by atoms with E-state index in [0.29, 0.717) is 0 Å². The van der Waals surface area contributed by atoms with Gasteiger partial charge >= 0.3 is 0 Å². The van der Waals surface area contributed by atoms with Gasteiger partial charge in [0, 0.05) is 24.8 Å². The van der Waals surface area contributed by atoms with E-state index >= 15 is 0 Å². The Bertz CT molecular complexity index is 551. The standard InChI is InChI=1S/C14H12N4/c1-2-10-17(9-1)15-13-5-7-14(8-6-13)16-18-11-3-4-12-18/h1-12H. The summed E-state index contributed by atoms with van der Waals surface area (Å²) in [6, 6.07) is 7.77. The molecule has 18 heavy (non-hydrogen) atoms. The third kappa shape index (κ3) is 2.38. The fourth-order valence-electron chi connectivity index (χ4n) is 1.64. The Hall–Kier alpha value is -2.62. The summed E-state index contributed by atoms with van der Waals surface area (Å²) in [5.41, 5.74) is 1.80. The maximum atomic E-state index is 4.41. The van der Waals surface area contributed by atoms with E-state index in [9.17, 15) is 0 Å². The second-order valence-electron chi connectivity index (χ2n) is 3.84. The summed E-state index contributed by atoms with van der Waals surface area (Å²) in [6.45, 7) is 0. The largest absolute Gasteiger partial charge is 0.248 e. The lowest BCUT2D eigenvalue weighted by Crippen LogP contribution is -2.03. The Balaban J connectivity index is 1.78. The number of nitrogens with zero attached hydrogens (tertiary/aromatic N) is 4. The number of hydrogen-bond donors (Lipinski definition) is 0. The summed E-state index contributed by atoms with van der Waals surface area (Å²) in [7, 11) is 0. The van der Waals surface area contributed by atoms with E-state index < -0.39 is 0 Å². The fraction of sp³-hybridized carbons (Fsp3) is 0. The molecule has 1 aliphatic rings. The zero-order chi connectivity index (χ0) is 12.2. The number of rotatable bonds is 2.